The van der Waals surface area contributed by atoms with Crippen molar-refractivity contribution >= 4 is 17.8 Å². The molecule has 0 unspecified atom stereocenters. The second-order valence-electron chi connectivity index (χ2n) is 7.49. The Morgan fingerprint density at radius 3 is 2.55 bits per heavy atom. The molecule has 3 rings (SSSR count). The zero-order valence-corrected chi connectivity index (χ0v) is 17.9. The summed E-state index contributed by atoms with van der Waals surface area (Å²) >= 11 is 0. The van der Waals surface area contributed by atoms with Crippen molar-refractivity contribution < 1.29 is 24.6 Å². The number of aryl methyl sites for hydroxylation is 2. The summed E-state index contributed by atoms with van der Waals surface area (Å²) in [5.41, 5.74) is 2.10. The molecule has 10 nitrogen and oxygen atoms in total. The van der Waals surface area contributed by atoms with Crippen LogP contribution in [0.15, 0.2) is 30.5 Å². The van der Waals surface area contributed by atoms with Gasteiger partial charge in [-0.25, -0.2) is 0 Å². The number of carbonyl (C=O) groups excluding carboxylic acids is 2. The summed E-state index contributed by atoms with van der Waals surface area (Å²) in [6.07, 6.45) is 2.38. The van der Waals surface area contributed by atoms with Gasteiger partial charge in [0, 0.05) is 50.4 Å². The predicted molar refractivity (Wildman–Crippen MR) is 112 cm³/mol. The minimum atomic E-state index is -0.833. The van der Waals surface area contributed by atoms with Gasteiger partial charge in [-0.2, -0.15) is 5.10 Å². The van der Waals surface area contributed by atoms with Crippen LogP contribution in [-0.4, -0.2) is 61.5 Å². The highest BCUT2D eigenvalue weighted by Crippen LogP contribution is 2.26. The van der Waals surface area contributed by atoms with Crippen LogP contribution in [0.25, 0.3) is 0 Å². The Bertz CT molecular complexity index is 875. The van der Waals surface area contributed by atoms with Crippen molar-refractivity contribution in [2.24, 2.45) is 13.0 Å². The molecule has 0 bridgehead atoms. The molecule has 0 saturated heterocycles. The second kappa shape index (κ2) is 11.2. The Balaban J connectivity index is 0.000000785. The van der Waals surface area contributed by atoms with Gasteiger partial charge in [-0.3, -0.25) is 24.0 Å². The van der Waals surface area contributed by atoms with E-state index in [0.717, 1.165) is 18.3 Å². The van der Waals surface area contributed by atoms with Gasteiger partial charge in [-0.15, -0.1) is 0 Å². The number of aliphatic hydroxyl groups excluding tert-OH is 1. The summed E-state index contributed by atoms with van der Waals surface area (Å²) in [6, 6.07) is 6.91. The molecule has 2 amide bonds. The van der Waals surface area contributed by atoms with Gasteiger partial charge < -0.3 is 20.8 Å². The molecule has 2 aromatic heterocycles. The molecule has 10 heteroatoms. The van der Waals surface area contributed by atoms with E-state index in [9.17, 15) is 14.7 Å². The Labute approximate surface area is 180 Å². The van der Waals surface area contributed by atoms with Crippen molar-refractivity contribution in [3.63, 3.8) is 0 Å². The van der Waals surface area contributed by atoms with E-state index in [0.29, 0.717) is 31.5 Å². The highest BCUT2D eigenvalue weighted by molar-refractivity contribution is 5.92. The van der Waals surface area contributed by atoms with Gasteiger partial charge in [0.1, 0.15) is 5.69 Å². The third kappa shape index (κ3) is 7.49. The maximum Gasteiger partial charge on any atom is 0.300 e. The van der Waals surface area contributed by atoms with Crippen LogP contribution in [0.4, 0.5) is 0 Å². The topological polar surface area (TPSA) is 146 Å². The first-order valence-corrected chi connectivity index (χ1v) is 10.0. The fourth-order valence-electron chi connectivity index (χ4n) is 3.30. The van der Waals surface area contributed by atoms with E-state index < -0.39 is 18.1 Å². The van der Waals surface area contributed by atoms with E-state index in [1.54, 1.807) is 24.0 Å². The molecule has 1 fully saturated rings. The zero-order chi connectivity index (χ0) is 23.0. The van der Waals surface area contributed by atoms with Gasteiger partial charge >= 0.3 is 0 Å². The van der Waals surface area contributed by atoms with Crippen LogP contribution in [0, 0.1) is 12.8 Å². The predicted octanol–water partition coefficient (Wildman–Crippen LogP) is 0.443. The van der Waals surface area contributed by atoms with Crippen molar-refractivity contribution in [3.05, 3.63) is 47.5 Å². The molecule has 168 valence electrons. The monoisotopic (exact) mass is 431 g/mol. The SMILES string of the molecule is CC(=O)O.Cc1cc(C(=O)N[C@H]2C[C@H](C(=O)NCCc3ccccn3)C[C@@H]2O)nn1C. The number of nitrogens with zero attached hydrogens (tertiary/aromatic N) is 3. The second-order valence-corrected chi connectivity index (χ2v) is 7.49. The van der Waals surface area contributed by atoms with Gasteiger partial charge in [0.05, 0.1) is 12.1 Å². The quantitative estimate of drug-likeness (QED) is 0.519. The fourth-order valence-corrected chi connectivity index (χ4v) is 3.30. The van der Waals surface area contributed by atoms with Gasteiger partial charge in [-0.05, 0) is 38.0 Å². The lowest BCUT2D eigenvalue weighted by atomic mass is 10.1. The average Bonchev–Trinajstić information content (AvgIpc) is 3.24. The van der Waals surface area contributed by atoms with Gasteiger partial charge in [0.25, 0.3) is 11.9 Å². The van der Waals surface area contributed by atoms with Gasteiger partial charge in [-0.1, -0.05) is 6.07 Å². The molecule has 1 saturated carbocycles. The smallest absolute Gasteiger partial charge is 0.300 e. The largest absolute Gasteiger partial charge is 0.481 e. The maximum atomic E-state index is 12.4. The number of aromatic nitrogens is 3. The summed E-state index contributed by atoms with van der Waals surface area (Å²) in [4.78, 5) is 37.9. The first-order chi connectivity index (χ1) is 14.7. The van der Waals surface area contributed by atoms with Gasteiger partial charge in [0.15, 0.2) is 0 Å². The molecule has 4 N–H and O–H groups in total. The number of rotatable bonds is 6. The summed E-state index contributed by atoms with van der Waals surface area (Å²) in [7, 11) is 1.77. The van der Waals surface area contributed by atoms with E-state index in [-0.39, 0.29) is 17.7 Å². The third-order valence-corrected chi connectivity index (χ3v) is 4.97. The molecule has 2 heterocycles. The molecule has 2 aromatic rings. The molecular weight excluding hydrogens is 402 g/mol. The molecule has 0 radical (unpaired) electrons. The first kappa shape index (κ1) is 24.0. The highest BCUT2D eigenvalue weighted by Gasteiger charge is 2.37. The number of pyridine rings is 1. The molecule has 1 aliphatic carbocycles. The minimum absolute atomic E-state index is 0.101. The summed E-state index contributed by atoms with van der Waals surface area (Å²) in [5, 5.41) is 27.5. The molecule has 0 aromatic carbocycles. The van der Waals surface area contributed by atoms with Crippen molar-refractivity contribution in [3.8, 4) is 0 Å². The number of hydrogen-bond donors (Lipinski definition) is 4. The third-order valence-electron chi connectivity index (χ3n) is 4.97. The van der Waals surface area contributed by atoms with Crippen LogP contribution in [-0.2, 0) is 23.1 Å². The average molecular weight is 431 g/mol. The molecule has 1 aliphatic rings. The van der Waals surface area contributed by atoms with Crippen molar-refractivity contribution in [2.45, 2.75) is 45.3 Å². The molecule has 31 heavy (non-hydrogen) atoms. The molecule has 3 atom stereocenters. The number of hydrogen-bond acceptors (Lipinski definition) is 6. The Morgan fingerprint density at radius 2 is 1.97 bits per heavy atom. The lowest BCUT2D eigenvalue weighted by Crippen LogP contribution is -2.40. The number of carboxylic acids is 1. The Hall–Kier alpha value is -3.27. The van der Waals surface area contributed by atoms with Crippen LogP contribution in [0.3, 0.4) is 0 Å². The standard InChI is InChI=1S/C19H25N5O3.C2H4O2/c1-12-9-16(23-24(12)2)19(27)22-15-10-13(11-17(15)25)18(26)21-8-6-14-5-3-4-7-20-14;1-2(3)4/h3-5,7,9,13,15,17,25H,6,8,10-11H2,1-2H3,(H,21,26)(H,22,27);1H3,(H,3,4)/t13-,15-,17-;/m0./s1. The zero-order valence-electron chi connectivity index (χ0n) is 17.9. The maximum absolute atomic E-state index is 12.4. The minimum Gasteiger partial charge on any atom is -0.481 e. The number of amides is 2. The summed E-state index contributed by atoms with van der Waals surface area (Å²) in [5.74, 6) is -1.59. The van der Waals surface area contributed by atoms with Crippen LogP contribution in [0.2, 0.25) is 0 Å². The first-order valence-electron chi connectivity index (χ1n) is 10.0. The molecular formula is C21H29N5O5. The Morgan fingerprint density at radius 1 is 1.26 bits per heavy atom. The van der Waals surface area contributed by atoms with Crippen LogP contribution < -0.4 is 10.6 Å². The van der Waals surface area contributed by atoms with Crippen LogP contribution in [0.5, 0.6) is 0 Å². The number of carboxylic acid groups (broad SMARTS) is 1. The van der Waals surface area contributed by atoms with Gasteiger partial charge in [0.2, 0.25) is 5.91 Å². The van der Waals surface area contributed by atoms with Crippen LogP contribution in [0.1, 0.15) is 41.6 Å². The van der Waals surface area contributed by atoms with Crippen molar-refractivity contribution in [1.29, 1.82) is 0 Å². The van der Waals surface area contributed by atoms with E-state index in [4.69, 9.17) is 9.90 Å². The highest BCUT2D eigenvalue weighted by atomic mass is 16.4. The number of carbonyl (C=O) groups is 3. The normalized spacial score (nSPS) is 19.8. The van der Waals surface area contributed by atoms with E-state index >= 15 is 0 Å². The van der Waals surface area contributed by atoms with Crippen LogP contribution >= 0.6 is 0 Å². The fraction of sp³-hybridized carbons (Fsp3) is 0.476. The summed E-state index contributed by atoms with van der Waals surface area (Å²) in [6.45, 7) is 3.44. The molecule has 0 spiro atoms. The van der Waals surface area contributed by atoms with Crippen molar-refractivity contribution in [2.75, 3.05) is 6.54 Å². The van der Waals surface area contributed by atoms with E-state index in [1.807, 2.05) is 25.1 Å². The number of aliphatic hydroxyl groups is 1. The summed E-state index contributed by atoms with van der Waals surface area (Å²) < 4.78 is 1.62. The van der Waals surface area contributed by atoms with Crippen molar-refractivity contribution in [1.82, 2.24) is 25.4 Å². The lowest BCUT2D eigenvalue weighted by Gasteiger charge is -2.15. The van der Waals surface area contributed by atoms with E-state index in [2.05, 4.69) is 20.7 Å². The lowest BCUT2D eigenvalue weighted by molar-refractivity contribution is -0.134. The Kier molecular flexibility index (Phi) is 8.68. The number of aliphatic carboxylic acids is 1. The molecule has 0 aliphatic heterocycles. The van der Waals surface area contributed by atoms with E-state index in [1.165, 1.54) is 0 Å². The number of nitrogens with one attached hydrogen (secondary N) is 2.